The summed E-state index contributed by atoms with van der Waals surface area (Å²) in [5, 5.41) is 3.09. The minimum absolute atomic E-state index is 0.260. The number of fused-ring (bicyclic) bond motifs is 1. The van der Waals surface area contributed by atoms with E-state index in [9.17, 15) is 4.79 Å². The maximum Gasteiger partial charge on any atom is 0.236 e. The van der Waals surface area contributed by atoms with Crippen molar-refractivity contribution in [1.29, 1.82) is 0 Å². The first kappa shape index (κ1) is 12.6. The van der Waals surface area contributed by atoms with E-state index in [2.05, 4.69) is 16.8 Å². The molecule has 1 aliphatic heterocycles. The molecule has 2 fully saturated rings. The van der Waals surface area contributed by atoms with E-state index in [0.717, 1.165) is 24.9 Å². The Labute approximate surface area is 104 Å². The van der Waals surface area contributed by atoms with E-state index in [1.54, 1.807) is 6.08 Å². The lowest BCUT2D eigenvalue weighted by Gasteiger charge is -2.41. The first-order chi connectivity index (χ1) is 8.31. The molecule has 0 aromatic heterocycles. The fraction of sp³-hybridized carbons (Fsp3) is 0.786. The molecule has 1 saturated carbocycles. The molecular weight excluding hydrogens is 212 g/mol. The van der Waals surface area contributed by atoms with Gasteiger partial charge in [-0.05, 0) is 24.7 Å². The first-order valence-electron chi connectivity index (χ1n) is 6.90. The maximum absolute atomic E-state index is 12.0. The van der Waals surface area contributed by atoms with Crippen molar-refractivity contribution in [2.24, 2.45) is 11.8 Å². The predicted molar refractivity (Wildman–Crippen MR) is 69.7 cm³/mol. The molecular formula is C14H24N2O. The third-order valence-corrected chi connectivity index (χ3v) is 4.21. The number of hydrogen-bond donors (Lipinski definition) is 1. The second kappa shape index (κ2) is 6.20. The van der Waals surface area contributed by atoms with E-state index in [-0.39, 0.29) is 5.91 Å². The Bertz CT molecular complexity index is 277. The third kappa shape index (κ3) is 3.32. The van der Waals surface area contributed by atoms with Crippen LogP contribution in [0, 0.1) is 11.8 Å². The van der Waals surface area contributed by atoms with Crippen molar-refractivity contribution < 1.29 is 4.79 Å². The van der Waals surface area contributed by atoms with Crippen molar-refractivity contribution in [3.63, 3.8) is 0 Å². The van der Waals surface area contributed by atoms with Crippen LogP contribution in [0.3, 0.4) is 0 Å². The second-order valence-corrected chi connectivity index (χ2v) is 5.35. The minimum atomic E-state index is 0.260. The molecule has 96 valence electrons. The summed E-state index contributed by atoms with van der Waals surface area (Å²) in [7, 11) is 0. The largest absolute Gasteiger partial charge is 0.341 e. The van der Waals surface area contributed by atoms with Crippen LogP contribution >= 0.6 is 0 Å². The van der Waals surface area contributed by atoms with Crippen LogP contribution in [0.25, 0.3) is 0 Å². The quantitative estimate of drug-likeness (QED) is 0.596. The van der Waals surface area contributed by atoms with Crippen LogP contribution in [0.5, 0.6) is 0 Å². The molecule has 0 aromatic carbocycles. The standard InChI is InChI=1S/C14H24N2O/c1-2-8-15-10-14(17)16-9-7-12-5-3-4-6-13(12)11-16/h2,12-13,15H,1,3-11H2. The molecule has 2 atom stereocenters. The zero-order valence-electron chi connectivity index (χ0n) is 10.7. The van der Waals surface area contributed by atoms with Gasteiger partial charge in [0.05, 0.1) is 6.54 Å². The SMILES string of the molecule is C=CCNCC(=O)N1CCC2CCCCC2C1. The van der Waals surface area contributed by atoms with E-state index in [0.29, 0.717) is 13.1 Å². The molecule has 2 aliphatic rings. The monoisotopic (exact) mass is 236 g/mol. The van der Waals surface area contributed by atoms with Crippen LogP contribution in [0.4, 0.5) is 0 Å². The Balaban J connectivity index is 1.78. The highest BCUT2D eigenvalue weighted by Crippen LogP contribution is 2.35. The number of carbonyl (C=O) groups is 1. The molecule has 1 heterocycles. The third-order valence-electron chi connectivity index (χ3n) is 4.21. The topological polar surface area (TPSA) is 32.3 Å². The molecule has 1 aliphatic carbocycles. The number of nitrogens with zero attached hydrogens (tertiary/aromatic N) is 1. The van der Waals surface area contributed by atoms with Crippen LogP contribution < -0.4 is 5.32 Å². The molecule has 0 spiro atoms. The fourth-order valence-corrected chi connectivity index (χ4v) is 3.22. The molecule has 1 saturated heterocycles. The van der Waals surface area contributed by atoms with Gasteiger partial charge in [-0.15, -0.1) is 6.58 Å². The highest BCUT2D eigenvalue weighted by atomic mass is 16.2. The van der Waals surface area contributed by atoms with Crippen LogP contribution in [0.2, 0.25) is 0 Å². The minimum Gasteiger partial charge on any atom is -0.341 e. The first-order valence-corrected chi connectivity index (χ1v) is 6.90. The molecule has 3 nitrogen and oxygen atoms in total. The lowest BCUT2D eigenvalue weighted by atomic mass is 9.75. The molecule has 2 rings (SSSR count). The van der Waals surface area contributed by atoms with E-state index in [1.165, 1.54) is 32.1 Å². The molecule has 1 N–H and O–H groups in total. The molecule has 0 aromatic rings. The smallest absolute Gasteiger partial charge is 0.236 e. The molecule has 1 amide bonds. The lowest BCUT2D eigenvalue weighted by Crippen LogP contribution is -2.47. The van der Waals surface area contributed by atoms with Gasteiger partial charge in [-0.3, -0.25) is 4.79 Å². The van der Waals surface area contributed by atoms with Crippen molar-refractivity contribution in [1.82, 2.24) is 10.2 Å². The summed E-state index contributed by atoms with van der Waals surface area (Å²) < 4.78 is 0. The van der Waals surface area contributed by atoms with Gasteiger partial charge in [0, 0.05) is 19.6 Å². The Kier molecular flexibility index (Phi) is 4.60. The number of amides is 1. The summed E-state index contributed by atoms with van der Waals surface area (Å²) in [6.45, 7) is 6.78. The molecule has 0 radical (unpaired) electrons. The highest BCUT2D eigenvalue weighted by Gasteiger charge is 2.32. The molecule has 2 unspecified atom stereocenters. The van der Waals surface area contributed by atoms with Gasteiger partial charge in [-0.1, -0.05) is 25.3 Å². The number of likely N-dealkylation sites (tertiary alicyclic amines) is 1. The summed E-state index contributed by atoms with van der Waals surface area (Å²) in [4.78, 5) is 14.0. The van der Waals surface area contributed by atoms with Gasteiger partial charge in [0.1, 0.15) is 0 Å². The molecule has 3 heteroatoms. The Morgan fingerprint density at radius 2 is 2.06 bits per heavy atom. The van der Waals surface area contributed by atoms with Gasteiger partial charge in [0.15, 0.2) is 0 Å². The number of carbonyl (C=O) groups excluding carboxylic acids is 1. The molecule has 0 bridgehead atoms. The summed E-state index contributed by atoms with van der Waals surface area (Å²) in [6, 6.07) is 0. The van der Waals surface area contributed by atoms with Gasteiger partial charge in [-0.25, -0.2) is 0 Å². The normalized spacial score (nSPS) is 28.6. The average Bonchev–Trinajstić information content (AvgIpc) is 2.38. The van der Waals surface area contributed by atoms with E-state index < -0.39 is 0 Å². The van der Waals surface area contributed by atoms with Crippen LogP contribution in [0.1, 0.15) is 32.1 Å². The lowest BCUT2D eigenvalue weighted by molar-refractivity contribution is -0.133. The van der Waals surface area contributed by atoms with Crippen molar-refractivity contribution in [2.75, 3.05) is 26.2 Å². The van der Waals surface area contributed by atoms with Gasteiger partial charge >= 0.3 is 0 Å². The van der Waals surface area contributed by atoms with Gasteiger partial charge in [0.2, 0.25) is 5.91 Å². The Hall–Kier alpha value is -0.830. The summed E-state index contributed by atoms with van der Waals surface area (Å²) in [6.07, 6.45) is 8.49. The van der Waals surface area contributed by atoms with Gasteiger partial charge in [-0.2, -0.15) is 0 Å². The van der Waals surface area contributed by atoms with E-state index >= 15 is 0 Å². The van der Waals surface area contributed by atoms with Crippen molar-refractivity contribution in [2.45, 2.75) is 32.1 Å². The van der Waals surface area contributed by atoms with Gasteiger partial charge < -0.3 is 10.2 Å². The summed E-state index contributed by atoms with van der Waals surface area (Å²) in [5.74, 6) is 1.94. The van der Waals surface area contributed by atoms with Crippen LogP contribution in [0.15, 0.2) is 12.7 Å². The number of piperidine rings is 1. The highest BCUT2D eigenvalue weighted by molar-refractivity contribution is 5.78. The van der Waals surface area contributed by atoms with Crippen molar-refractivity contribution in [3.8, 4) is 0 Å². The number of hydrogen-bond acceptors (Lipinski definition) is 2. The Morgan fingerprint density at radius 3 is 2.82 bits per heavy atom. The predicted octanol–water partition coefficient (Wildman–Crippen LogP) is 1.80. The summed E-state index contributed by atoms with van der Waals surface area (Å²) >= 11 is 0. The van der Waals surface area contributed by atoms with E-state index in [4.69, 9.17) is 0 Å². The number of rotatable bonds is 4. The Morgan fingerprint density at radius 1 is 1.29 bits per heavy atom. The zero-order valence-corrected chi connectivity index (χ0v) is 10.7. The summed E-state index contributed by atoms with van der Waals surface area (Å²) in [5.41, 5.74) is 0. The van der Waals surface area contributed by atoms with Crippen LogP contribution in [-0.2, 0) is 4.79 Å². The van der Waals surface area contributed by atoms with E-state index in [1.807, 2.05) is 0 Å². The molecule has 17 heavy (non-hydrogen) atoms. The van der Waals surface area contributed by atoms with Gasteiger partial charge in [0.25, 0.3) is 0 Å². The van der Waals surface area contributed by atoms with Crippen LogP contribution in [-0.4, -0.2) is 37.0 Å². The van der Waals surface area contributed by atoms with Crippen molar-refractivity contribution >= 4 is 5.91 Å². The zero-order chi connectivity index (χ0) is 12.1. The van der Waals surface area contributed by atoms with Crippen molar-refractivity contribution in [3.05, 3.63) is 12.7 Å². The maximum atomic E-state index is 12.0. The average molecular weight is 236 g/mol. The fourth-order valence-electron chi connectivity index (χ4n) is 3.22. The number of nitrogens with one attached hydrogen (secondary N) is 1. The second-order valence-electron chi connectivity index (χ2n) is 5.35.